The Morgan fingerprint density at radius 3 is 2.09 bits per heavy atom. The summed E-state index contributed by atoms with van der Waals surface area (Å²) in [5.74, 6) is -0.466. The maximum absolute atomic E-state index is 13.1. The minimum atomic E-state index is -3.81. The van der Waals surface area contributed by atoms with Crippen LogP contribution in [0.15, 0.2) is 106 Å². The van der Waals surface area contributed by atoms with Crippen LogP contribution in [-0.2, 0) is 10.0 Å². The van der Waals surface area contributed by atoms with E-state index >= 15 is 0 Å². The fraction of sp³-hybridized carbons (Fsp3) is 0.0833. The highest BCUT2D eigenvalue weighted by atomic mass is 32.2. The van der Waals surface area contributed by atoms with Crippen LogP contribution in [0.5, 0.6) is 0 Å². The van der Waals surface area contributed by atoms with Crippen molar-refractivity contribution in [1.82, 2.24) is 14.5 Å². The van der Waals surface area contributed by atoms with E-state index in [9.17, 15) is 13.2 Å². The van der Waals surface area contributed by atoms with Gasteiger partial charge in [0.1, 0.15) is 0 Å². The van der Waals surface area contributed by atoms with E-state index in [1.54, 1.807) is 18.2 Å². The van der Waals surface area contributed by atoms with Gasteiger partial charge in [0, 0.05) is 10.5 Å². The van der Waals surface area contributed by atoms with Crippen molar-refractivity contribution in [3.8, 4) is 11.3 Å². The second kappa shape index (κ2) is 9.52. The first kappa shape index (κ1) is 22.0. The van der Waals surface area contributed by atoms with Gasteiger partial charge in [-0.05, 0) is 31.2 Å². The van der Waals surface area contributed by atoms with Crippen molar-refractivity contribution in [2.45, 2.75) is 21.6 Å². The molecule has 1 heterocycles. The highest BCUT2D eigenvalue weighted by molar-refractivity contribution is 7.99. The predicted octanol–water partition coefficient (Wildman–Crippen LogP) is 4.63. The maximum Gasteiger partial charge on any atom is 0.262 e. The molecule has 8 heteroatoms. The molecule has 0 saturated carbocycles. The largest absolute Gasteiger partial charge is 0.271 e. The number of sulfonamides is 1. The molecule has 1 N–H and O–H groups in total. The standard InChI is InChI=1S/C24H21N3O3S2/c1-18-24(31-20-13-7-3-8-14-20)23(19-11-5-2-6-12-19)27(26-18)22(28)17-25-32(29,30)21-15-9-4-10-16-21/h2-16,25H,17H2,1H3. The number of carbonyl (C=O) groups is 1. The highest BCUT2D eigenvalue weighted by Gasteiger charge is 2.23. The van der Waals surface area contributed by atoms with Crippen molar-refractivity contribution in [3.05, 3.63) is 96.7 Å². The average molecular weight is 464 g/mol. The van der Waals surface area contributed by atoms with Crippen LogP contribution < -0.4 is 4.72 Å². The number of hydrogen-bond acceptors (Lipinski definition) is 5. The maximum atomic E-state index is 13.1. The van der Waals surface area contributed by atoms with Gasteiger partial charge in [-0.15, -0.1) is 0 Å². The Hall–Kier alpha value is -3.20. The molecule has 0 amide bonds. The van der Waals surface area contributed by atoms with Gasteiger partial charge < -0.3 is 0 Å². The first-order valence-electron chi connectivity index (χ1n) is 9.91. The second-order valence-electron chi connectivity index (χ2n) is 6.99. The summed E-state index contributed by atoms with van der Waals surface area (Å²) in [5, 5.41) is 4.47. The summed E-state index contributed by atoms with van der Waals surface area (Å²) in [6.07, 6.45) is 0. The summed E-state index contributed by atoms with van der Waals surface area (Å²) >= 11 is 1.52. The van der Waals surface area contributed by atoms with Gasteiger partial charge in [0.2, 0.25) is 10.0 Å². The molecule has 3 aromatic carbocycles. The molecule has 6 nitrogen and oxygen atoms in total. The molecule has 0 unspecified atom stereocenters. The molecule has 162 valence electrons. The molecule has 0 aliphatic carbocycles. The quantitative estimate of drug-likeness (QED) is 0.432. The smallest absolute Gasteiger partial charge is 0.262 e. The third-order valence-corrected chi connectivity index (χ3v) is 7.34. The third kappa shape index (κ3) is 4.83. The Balaban J connectivity index is 1.67. The van der Waals surface area contributed by atoms with Crippen molar-refractivity contribution >= 4 is 27.7 Å². The average Bonchev–Trinajstić information content (AvgIpc) is 3.15. The molecule has 0 saturated heterocycles. The van der Waals surface area contributed by atoms with E-state index in [1.807, 2.05) is 67.6 Å². The van der Waals surface area contributed by atoms with Gasteiger partial charge in [-0.3, -0.25) is 4.79 Å². The van der Waals surface area contributed by atoms with Gasteiger partial charge in [-0.1, -0.05) is 78.5 Å². The van der Waals surface area contributed by atoms with Crippen LogP contribution in [0.1, 0.15) is 10.5 Å². The van der Waals surface area contributed by atoms with Gasteiger partial charge in [0.25, 0.3) is 5.91 Å². The molecule has 0 radical (unpaired) electrons. The number of nitrogens with one attached hydrogen (secondary N) is 1. The van der Waals surface area contributed by atoms with E-state index in [4.69, 9.17) is 0 Å². The zero-order chi connectivity index (χ0) is 22.6. The van der Waals surface area contributed by atoms with Crippen LogP contribution in [0.25, 0.3) is 11.3 Å². The lowest BCUT2D eigenvalue weighted by Gasteiger charge is -2.10. The zero-order valence-corrected chi connectivity index (χ0v) is 18.9. The van der Waals surface area contributed by atoms with Crippen LogP contribution in [0.4, 0.5) is 0 Å². The second-order valence-corrected chi connectivity index (χ2v) is 9.84. The fourth-order valence-corrected chi connectivity index (χ4v) is 5.20. The summed E-state index contributed by atoms with van der Waals surface area (Å²) in [4.78, 5) is 15.1. The lowest BCUT2D eigenvalue weighted by Crippen LogP contribution is -2.33. The molecule has 0 fully saturated rings. The first-order valence-corrected chi connectivity index (χ1v) is 12.2. The molecule has 4 rings (SSSR count). The Kier molecular flexibility index (Phi) is 6.55. The lowest BCUT2D eigenvalue weighted by atomic mass is 10.1. The van der Waals surface area contributed by atoms with Gasteiger partial charge >= 0.3 is 0 Å². The van der Waals surface area contributed by atoms with Crippen LogP contribution in [0, 0.1) is 6.92 Å². The summed E-state index contributed by atoms with van der Waals surface area (Å²) < 4.78 is 28.8. The van der Waals surface area contributed by atoms with E-state index in [1.165, 1.54) is 28.6 Å². The Morgan fingerprint density at radius 2 is 1.47 bits per heavy atom. The van der Waals surface area contributed by atoms with Crippen LogP contribution >= 0.6 is 11.8 Å². The van der Waals surface area contributed by atoms with Gasteiger partial charge in [0.15, 0.2) is 0 Å². The minimum absolute atomic E-state index is 0.105. The highest BCUT2D eigenvalue weighted by Crippen LogP contribution is 2.38. The number of hydrogen-bond donors (Lipinski definition) is 1. The third-order valence-electron chi connectivity index (χ3n) is 4.72. The van der Waals surface area contributed by atoms with Crippen LogP contribution in [-0.4, -0.2) is 30.7 Å². The number of benzene rings is 3. The van der Waals surface area contributed by atoms with Crippen molar-refractivity contribution in [2.75, 3.05) is 6.54 Å². The summed E-state index contributed by atoms with van der Waals surface area (Å²) in [5.41, 5.74) is 2.16. The van der Waals surface area contributed by atoms with Crippen molar-refractivity contribution in [1.29, 1.82) is 0 Å². The number of rotatable bonds is 7. The van der Waals surface area contributed by atoms with E-state index in [0.29, 0.717) is 11.4 Å². The van der Waals surface area contributed by atoms with Crippen LogP contribution in [0.3, 0.4) is 0 Å². The monoisotopic (exact) mass is 463 g/mol. The molecule has 0 spiro atoms. The molecule has 0 aliphatic rings. The van der Waals surface area contributed by atoms with E-state index in [-0.39, 0.29) is 4.90 Å². The number of aromatic nitrogens is 2. The number of aryl methyl sites for hydroxylation is 1. The number of carbonyl (C=O) groups excluding carboxylic acids is 1. The van der Waals surface area contributed by atoms with Gasteiger partial charge in [-0.25, -0.2) is 13.1 Å². The molecular formula is C24H21N3O3S2. The van der Waals surface area contributed by atoms with Gasteiger partial charge in [0.05, 0.1) is 27.7 Å². The molecule has 0 atom stereocenters. The Labute approximate surface area is 191 Å². The molecule has 4 aromatic rings. The molecule has 0 aliphatic heterocycles. The topological polar surface area (TPSA) is 81.1 Å². The summed E-state index contributed by atoms with van der Waals surface area (Å²) in [7, 11) is -3.81. The van der Waals surface area contributed by atoms with Crippen molar-refractivity contribution < 1.29 is 13.2 Å². The Morgan fingerprint density at radius 1 is 0.906 bits per heavy atom. The summed E-state index contributed by atoms with van der Waals surface area (Å²) in [6.45, 7) is 1.43. The number of nitrogens with zero attached hydrogens (tertiary/aromatic N) is 2. The normalized spacial score (nSPS) is 11.4. The van der Waals surface area contributed by atoms with E-state index in [0.717, 1.165) is 15.4 Å². The SMILES string of the molecule is Cc1nn(C(=O)CNS(=O)(=O)c2ccccc2)c(-c2ccccc2)c1Sc1ccccc1. The van der Waals surface area contributed by atoms with Gasteiger partial charge in [-0.2, -0.15) is 9.78 Å². The summed E-state index contributed by atoms with van der Waals surface area (Å²) in [6, 6.07) is 27.3. The minimum Gasteiger partial charge on any atom is -0.271 e. The zero-order valence-electron chi connectivity index (χ0n) is 17.3. The van der Waals surface area contributed by atoms with Crippen molar-refractivity contribution in [3.63, 3.8) is 0 Å². The molecule has 0 bridgehead atoms. The first-order chi connectivity index (χ1) is 15.5. The lowest BCUT2D eigenvalue weighted by molar-refractivity contribution is 0.0905. The molecule has 1 aromatic heterocycles. The van der Waals surface area contributed by atoms with E-state index < -0.39 is 22.5 Å². The molecular weight excluding hydrogens is 442 g/mol. The predicted molar refractivity (Wildman–Crippen MR) is 125 cm³/mol. The fourth-order valence-electron chi connectivity index (χ4n) is 3.19. The Bertz CT molecular complexity index is 1320. The van der Waals surface area contributed by atoms with Crippen LogP contribution in [0.2, 0.25) is 0 Å². The molecule has 32 heavy (non-hydrogen) atoms. The van der Waals surface area contributed by atoms with E-state index in [2.05, 4.69) is 9.82 Å². The van der Waals surface area contributed by atoms with Crippen molar-refractivity contribution in [2.24, 2.45) is 0 Å².